The van der Waals surface area contributed by atoms with Crippen LogP contribution in [0.2, 0.25) is 0 Å². The van der Waals surface area contributed by atoms with Crippen molar-refractivity contribution >= 4 is 5.91 Å². The largest absolute Gasteiger partial charge is 0.378 e. The first kappa shape index (κ1) is 15.7. The van der Waals surface area contributed by atoms with Crippen molar-refractivity contribution < 1.29 is 9.53 Å². The molecule has 0 radical (unpaired) electrons. The summed E-state index contributed by atoms with van der Waals surface area (Å²) in [5.41, 5.74) is 0.558. The summed E-state index contributed by atoms with van der Waals surface area (Å²) in [6.07, 6.45) is 9.74. The van der Waals surface area contributed by atoms with Crippen LogP contribution in [0.5, 0.6) is 0 Å². The van der Waals surface area contributed by atoms with Gasteiger partial charge in [-0.15, -0.1) is 0 Å². The number of rotatable bonds is 7. The van der Waals surface area contributed by atoms with Crippen molar-refractivity contribution in [2.75, 3.05) is 33.4 Å². The second-order valence-electron chi connectivity index (χ2n) is 4.86. The second kappa shape index (κ2) is 7.92. The molecule has 1 unspecified atom stereocenters. The van der Waals surface area contributed by atoms with Gasteiger partial charge < -0.3 is 15.4 Å². The van der Waals surface area contributed by atoms with E-state index >= 15 is 0 Å². The third kappa shape index (κ3) is 5.41. The van der Waals surface area contributed by atoms with Crippen molar-refractivity contribution in [3.8, 4) is 0 Å². The summed E-state index contributed by atoms with van der Waals surface area (Å²) < 4.78 is 5.36. The maximum absolute atomic E-state index is 12.2. The number of likely N-dealkylation sites (N-methyl/N-ethyl adjacent to an activating group) is 1. The SMILES string of the molecule is CNCCOCCNC(=O)C1(C)C=CC=C(C)C=C1. The lowest BCUT2D eigenvalue weighted by Crippen LogP contribution is -2.38. The Labute approximate surface area is 115 Å². The molecule has 1 aliphatic rings. The Bertz CT molecular complexity index is 386. The van der Waals surface area contributed by atoms with Gasteiger partial charge in [0.15, 0.2) is 0 Å². The number of nitrogens with one attached hydrogen (secondary N) is 2. The highest BCUT2D eigenvalue weighted by atomic mass is 16.5. The average molecular weight is 264 g/mol. The van der Waals surface area contributed by atoms with Gasteiger partial charge in [0.05, 0.1) is 18.6 Å². The van der Waals surface area contributed by atoms with Gasteiger partial charge in [-0.2, -0.15) is 0 Å². The fraction of sp³-hybridized carbons (Fsp3) is 0.533. The molecule has 0 aliphatic heterocycles. The van der Waals surface area contributed by atoms with Gasteiger partial charge in [0.25, 0.3) is 0 Å². The topological polar surface area (TPSA) is 50.4 Å². The normalized spacial score (nSPS) is 21.9. The minimum absolute atomic E-state index is 0.000293. The maximum atomic E-state index is 12.2. The Hall–Kier alpha value is -1.39. The molecule has 106 valence electrons. The summed E-state index contributed by atoms with van der Waals surface area (Å²) in [6, 6.07) is 0. The smallest absolute Gasteiger partial charge is 0.233 e. The van der Waals surface area contributed by atoms with E-state index in [2.05, 4.69) is 10.6 Å². The van der Waals surface area contributed by atoms with Gasteiger partial charge in [0.1, 0.15) is 0 Å². The van der Waals surface area contributed by atoms with E-state index in [1.165, 1.54) is 0 Å². The molecule has 0 saturated heterocycles. The molecule has 0 heterocycles. The third-order valence-corrected chi connectivity index (χ3v) is 3.01. The Morgan fingerprint density at radius 1 is 1.32 bits per heavy atom. The number of carbonyl (C=O) groups is 1. The highest BCUT2D eigenvalue weighted by molar-refractivity contribution is 5.86. The molecule has 4 nitrogen and oxygen atoms in total. The monoisotopic (exact) mass is 264 g/mol. The Balaban J connectivity index is 2.35. The molecule has 0 fully saturated rings. The predicted molar refractivity (Wildman–Crippen MR) is 77.9 cm³/mol. The van der Waals surface area contributed by atoms with Gasteiger partial charge in [0, 0.05) is 13.1 Å². The van der Waals surface area contributed by atoms with Gasteiger partial charge in [0.2, 0.25) is 5.91 Å². The van der Waals surface area contributed by atoms with Crippen LogP contribution in [0.15, 0.2) is 36.0 Å². The van der Waals surface area contributed by atoms with Gasteiger partial charge in [-0.3, -0.25) is 4.79 Å². The zero-order valence-electron chi connectivity index (χ0n) is 12.0. The van der Waals surface area contributed by atoms with Crippen LogP contribution in [0.3, 0.4) is 0 Å². The summed E-state index contributed by atoms with van der Waals surface area (Å²) in [5, 5.41) is 5.90. The first-order valence-electron chi connectivity index (χ1n) is 6.64. The standard InChI is InChI=1S/C15H24N2O2/c1-13-5-4-7-15(2,8-6-13)14(18)17-10-12-19-11-9-16-3/h4-8,16H,9-12H2,1-3H3,(H,17,18). The summed E-state index contributed by atoms with van der Waals surface area (Å²) >= 11 is 0. The molecule has 0 aromatic heterocycles. The van der Waals surface area contributed by atoms with Crippen LogP contribution < -0.4 is 10.6 Å². The molecule has 1 atom stereocenters. The first-order valence-corrected chi connectivity index (χ1v) is 6.64. The molecule has 0 aromatic carbocycles. The van der Waals surface area contributed by atoms with Crippen LogP contribution in [0.1, 0.15) is 13.8 Å². The Morgan fingerprint density at radius 2 is 2.05 bits per heavy atom. The molecule has 2 N–H and O–H groups in total. The summed E-state index contributed by atoms with van der Waals surface area (Å²) in [5.74, 6) is 0.000293. The van der Waals surface area contributed by atoms with Gasteiger partial charge in [-0.25, -0.2) is 0 Å². The van der Waals surface area contributed by atoms with Crippen LogP contribution in [-0.4, -0.2) is 39.3 Å². The maximum Gasteiger partial charge on any atom is 0.233 e. The molecule has 0 spiro atoms. The van der Waals surface area contributed by atoms with E-state index in [1.54, 1.807) is 0 Å². The molecule has 4 heteroatoms. The zero-order chi connectivity index (χ0) is 14.1. The van der Waals surface area contributed by atoms with Crippen LogP contribution in [-0.2, 0) is 9.53 Å². The molecule has 1 aliphatic carbocycles. The molecule has 19 heavy (non-hydrogen) atoms. The van der Waals surface area contributed by atoms with E-state index in [0.29, 0.717) is 19.8 Å². The van der Waals surface area contributed by atoms with E-state index in [-0.39, 0.29) is 5.91 Å². The fourth-order valence-corrected chi connectivity index (χ4v) is 1.67. The average Bonchev–Trinajstić information content (AvgIpc) is 2.56. The molecular formula is C15H24N2O2. The van der Waals surface area contributed by atoms with E-state index < -0.39 is 5.41 Å². The van der Waals surface area contributed by atoms with Crippen molar-refractivity contribution in [2.45, 2.75) is 13.8 Å². The zero-order valence-corrected chi connectivity index (χ0v) is 12.0. The van der Waals surface area contributed by atoms with E-state index in [1.807, 2.05) is 51.3 Å². The minimum Gasteiger partial charge on any atom is -0.378 e. The second-order valence-corrected chi connectivity index (χ2v) is 4.86. The molecule has 0 bridgehead atoms. The van der Waals surface area contributed by atoms with Gasteiger partial charge in [-0.05, 0) is 20.9 Å². The van der Waals surface area contributed by atoms with Crippen LogP contribution >= 0.6 is 0 Å². The number of hydrogen-bond donors (Lipinski definition) is 2. The van der Waals surface area contributed by atoms with E-state index in [4.69, 9.17) is 4.74 Å². The molecule has 0 saturated carbocycles. The Kier molecular flexibility index (Phi) is 6.53. The summed E-state index contributed by atoms with van der Waals surface area (Å²) in [6.45, 7) is 6.47. The molecule has 0 aromatic rings. The quantitative estimate of drug-likeness (QED) is 0.684. The van der Waals surface area contributed by atoms with Crippen LogP contribution in [0.4, 0.5) is 0 Å². The fourth-order valence-electron chi connectivity index (χ4n) is 1.67. The lowest BCUT2D eigenvalue weighted by molar-refractivity contribution is -0.126. The molecule has 1 rings (SSSR count). The summed E-state index contributed by atoms with van der Waals surface area (Å²) in [7, 11) is 1.88. The predicted octanol–water partition coefficient (Wildman–Crippen LogP) is 1.42. The van der Waals surface area contributed by atoms with Crippen LogP contribution in [0, 0.1) is 5.41 Å². The van der Waals surface area contributed by atoms with Gasteiger partial charge >= 0.3 is 0 Å². The third-order valence-electron chi connectivity index (χ3n) is 3.01. The number of ether oxygens (including phenoxy) is 1. The van der Waals surface area contributed by atoms with Crippen LogP contribution in [0.25, 0.3) is 0 Å². The number of allylic oxidation sites excluding steroid dienone is 4. The number of amides is 1. The van der Waals surface area contributed by atoms with Crippen molar-refractivity contribution in [1.29, 1.82) is 0 Å². The van der Waals surface area contributed by atoms with Crippen molar-refractivity contribution in [1.82, 2.24) is 10.6 Å². The lowest BCUT2D eigenvalue weighted by Gasteiger charge is -2.20. The van der Waals surface area contributed by atoms with E-state index in [9.17, 15) is 4.79 Å². The van der Waals surface area contributed by atoms with E-state index in [0.717, 1.165) is 12.1 Å². The van der Waals surface area contributed by atoms with Crippen molar-refractivity contribution in [2.24, 2.45) is 5.41 Å². The lowest BCUT2D eigenvalue weighted by atomic mass is 9.89. The molecule has 1 amide bonds. The highest BCUT2D eigenvalue weighted by Crippen LogP contribution is 2.24. The van der Waals surface area contributed by atoms with Gasteiger partial charge in [-0.1, -0.05) is 36.0 Å². The van der Waals surface area contributed by atoms with Crippen molar-refractivity contribution in [3.63, 3.8) is 0 Å². The number of carbonyl (C=O) groups excluding carboxylic acids is 1. The van der Waals surface area contributed by atoms with Crippen molar-refractivity contribution in [3.05, 3.63) is 36.0 Å². The highest BCUT2D eigenvalue weighted by Gasteiger charge is 2.27. The summed E-state index contributed by atoms with van der Waals surface area (Å²) in [4.78, 5) is 12.2. The molecular weight excluding hydrogens is 240 g/mol. The number of hydrogen-bond acceptors (Lipinski definition) is 3. The minimum atomic E-state index is -0.584. The Morgan fingerprint density at radius 3 is 2.79 bits per heavy atom. The first-order chi connectivity index (χ1) is 9.08.